The molecule has 0 saturated heterocycles. The minimum absolute atomic E-state index is 0.215. The summed E-state index contributed by atoms with van der Waals surface area (Å²) in [5, 5.41) is 6.40. The number of rotatable bonds is 26. The Morgan fingerprint density at radius 1 is 0.667 bits per heavy atom. The molecule has 0 radical (unpaired) electrons. The minimum atomic E-state index is 0.215. The largest absolute Gasteiger partial charge is 0.493 e. The van der Waals surface area contributed by atoms with Gasteiger partial charge in [0, 0.05) is 18.9 Å². The van der Waals surface area contributed by atoms with Crippen LogP contribution < -0.4 is 4.74 Å². The summed E-state index contributed by atoms with van der Waals surface area (Å²) in [6.07, 6.45) is 2.31. The van der Waals surface area contributed by atoms with E-state index < -0.39 is 0 Å². The highest BCUT2D eigenvalue weighted by molar-refractivity contribution is 7.78. The van der Waals surface area contributed by atoms with Gasteiger partial charge in [0.25, 0.3) is 0 Å². The molecule has 0 aliphatic rings. The van der Waals surface area contributed by atoms with Crippen LogP contribution in [-0.2, 0) is 41.3 Å². The molecule has 1 aromatic heterocycles. The zero-order valence-corrected chi connectivity index (χ0v) is 27.3. The summed E-state index contributed by atoms with van der Waals surface area (Å²) in [5.74, 6) is 1.82. The molecule has 0 amide bonds. The van der Waals surface area contributed by atoms with Crippen LogP contribution in [0.2, 0.25) is 0 Å². The molecular weight excluding hydrogens is 596 g/mol. The molecule has 0 N–H and O–H groups in total. The van der Waals surface area contributed by atoms with Gasteiger partial charge in [-0.3, -0.25) is 0 Å². The van der Waals surface area contributed by atoms with E-state index in [-0.39, 0.29) is 6.73 Å². The zero-order valence-electron chi connectivity index (χ0n) is 26.5. The molecule has 0 bridgehead atoms. The van der Waals surface area contributed by atoms with Crippen molar-refractivity contribution in [2.45, 2.75) is 33.1 Å². The van der Waals surface area contributed by atoms with Crippen molar-refractivity contribution >= 4 is 17.4 Å². The minimum Gasteiger partial charge on any atom is -0.493 e. The fourth-order valence-corrected chi connectivity index (χ4v) is 4.45. The van der Waals surface area contributed by atoms with E-state index in [9.17, 15) is 0 Å². The quantitative estimate of drug-likeness (QED) is 0.0618. The maximum atomic E-state index is 6.14. The smallest absolute Gasteiger partial charge is 0.147 e. The Hall–Kier alpha value is -2.99. The van der Waals surface area contributed by atoms with Crippen molar-refractivity contribution < 1.29 is 37.7 Å². The first-order valence-electron chi connectivity index (χ1n) is 15.4. The lowest BCUT2D eigenvalue weighted by molar-refractivity contribution is -0.0162. The molecule has 1 heterocycles. The van der Waals surface area contributed by atoms with Gasteiger partial charge in [0.15, 0.2) is 0 Å². The van der Waals surface area contributed by atoms with Crippen LogP contribution in [0.5, 0.6) is 5.75 Å². The summed E-state index contributed by atoms with van der Waals surface area (Å²) in [6.45, 7) is 10.6. The van der Waals surface area contributed by atoms with E-state index in [0.717, 1.165) is 41.2 Å². The van der Waals surface area contributed by atoms with Crippen molar-refractivity contribution in [3.8, 4) is 16.9 Å². The molecule has 10 nitrogen and oxygen atoms in total. The Labute approximate surface area is 271 Å². The molecule has 0 fully saturated rings. The van der Waals surface area contributed by atoms with Crippen molar-refractivity contribution in [2.75, 3.05) is 86.0 Å². The maximum absolute atomic E-state index is 6.14. The van der Waals surface area contributed by atoms with Crippen LogP contribution in [-0.4, -0.2) is 96.3 Å². The van der Waals surface area contributed by atoms with Gasteiger partial charge in [0.05, 0.1) is 90.1 Å². The van der Waals surface area contributed by atoms with Crippen LogP contribution in [0, 0.1) is 13.8 Å². The average Bonchev–Trinajstić information content (AvgIpc) is 3.51. The predicted octanol–water partition coefficient (Wildman–Crippen LogP) is 5.67. The number of aliphatic imine (C=N–C) groups is 1. The van der Waals surface area contributed by atoms with E-state index in [0.29, 0.717) is 85.7 Å². The first-order chi connectivity index (χ1) is 22.2. The Bertz CT molecular complexity index is 1230. The molecule has 0 atom stereocenters. The summed E-state index contributed by atoms with van der Waals surface area (Å²) in [7, 11) is 0. The topological polar surface area (TPSA) is 103 Å². The molecule has 246 valence electrons. The number of benzene rings is 2. The second kappa shape index (κ2) is 23.4. The number of aromatic nitrogens is 1. The lowest BCUT2D eigenvalue weighted by Gasteiger charge is -2.14. The van der Waals surface area contributed by atoms with E-state index >= 15 is 0 Å². The molecular formula is C34H46N2O8S. The van der Waals surface area contributed by atoms with Gasteiger partial charge in [0.2, 0.25) is 0 Å². The molecule has 3 rings (SSSR count). The first-order valence-corrected chi connectivity index (χ1v) is 15.8. The third kappa shape index (κ3) is 15.7. The van der Waals surface area contributed by atoms with Crippen molar-refractivity contribution in [2.24, 2.45) is 4.99 Å². The Morgan fingerprint density at radius 3 is 1.80 bits per heavy atom. The highest BCUT2D eigenvalue weighted by atomic mass is 32.1. The fraction of sp³-hybridized carbons (Fsp3) is 0.529. The summed E-state index contributed by atoms with van der Waals surface area (Å²) < 4.78 is 44.3. The number of thiocarbonyl (C=S) groups is 1. The predicted molar refractivity (Wildman–Crippen MR) is 175 cm³/mol. The summed E-state index contributed by atoms with van der Waals surface area (Å²) in [6, 6.07) is 16.8. The van der Waals surface area contributed by atoms with E-state index in [1.807, 2.05) is 12.1 Å². The monoisotopic (exact) mass is 642 g/mol. The molecule has 0 saturated carbocycles. The second-order valence-corrected chi connectivity index (χ2v) is 10.3. The van der Waals surface area contributed by atoms with Gasteiger partial charge in [-0.05, 0) is 66.9 Å². The standard InChI is InChI=1S/C34H46N2O8S/c1-28-23-31(30-7-4-3-5-8-30)24-29(2)34(28)43-11-6-9-33-25-32(36-44-33)10-12-37-13-14-38-15-16-39-17-18-40-19-20-41-21-22-42-26-35-27-45/h3-5,7-8,23-25H,6,9-22,26H2,1-2H3. The Morgan fingerprint density at radius 2 is 1.22 bits per heavy atom. The highest BCUT2D eigenvalue weighted by Gasteiger charge is 2.09. The van der Waals surface area contributed by atoms with Gasteiger partial charge in [-0.1, -0.05) is 35.5 Å². The molecule has 0 aliphatic heterocycles. The van der Waals surface area contributed by atoms with E-state index in [4.69, 9.17) is 37.7 Å². The highest BCUT2D eigenvalue weighted by Crippen LogP contribution is 2.30. The molecule has 0 spiro atoms. The van der Waals surface area contributed by atoms with Gasteiger partial charge in [-0.2, -0.15) is 0 Å². The van der Waals surface area contributed by atoms with Crippen molar-refractivity contribution in [1.82, 2.24) is 5.16 Å². The molecule has 3 aromatic rings. The van der Waals surface area contributed by atoms with Crippen molar-refractivity contribution in [3.05, 3.63) is 71.1 Å². The van der Waals surface area contributed by atoms with Crippen LogP contribution in [0.4, 0.5) is 0 Å². The van der Waals surface area contributed by atoms with E-state index in [2.05, 4.69) is 77.8 Å². The lowest BCUT2D eigenvalue weighted by Crippen LogP contribution is -2.14. The first kappa shape index (κ1) is 36.5. The molecule has 45 heavy (non-hydrogen) atoms. The maximum Gasteiger partial charge on any atom is 0.147 e. The number of isothiocyanates is 1. The van der Waals surface area contributed by atoms with Crippen molar-refractivity contribution in [3.63, 3.8) is 0 Å². The molecule has 2 aromatic carbocycles. The Balaban J connectivity index is 1.12. The molecule has 0 unspecified atom stereocenters. The molecule has 11 heteroatoms. The third-order valence-electron chi connectivity index (χ3n) is 6.57. The van der Waals surface area contributed by atoms with Gasteiger partial charge in [0.1, 0.15) is 18.2 Å². The lowest BCUT2D eigenvalue weighted by atomic mass is 10.00. The van der Waals surface area contributed by atoms with Gasteiger partial charge in [-0.15, -0.1) is 0 Å². The molecule has 0 aliphatic carbocycles. The summed E-state index contributed by atoms with van der Waals surface area (Å²) >= 11 is 4.44. The van der Waals surface area contributed by atoms with Gasteiger partial charge < -0.3 is 37.7 Å². The number of aryl methyl sites for hydroxylation is 3. The normalized spacial score (nSPS) is 11.1. The van der Waals surface area contributed by atoms with Crippen LogP contribution in [0.25, 0.3) is 11.1 Å². The van der Waals surface area contributed by atoms with E-state index in [1.165, 1.54) is 11.1 Å². The average molecular weight is 643 g/mol. The van der Waals surface area contributed by atoms with Crippen LogP contribution in [0.1, 0.15) is 29.0 Å². The SMILES string of the molecule is Cc1cc(-c2ccccc2)cc(C)c1OCCCc1cc(CCOCCOCCOCCOCCOCCOCN=C=S)no1. The number of nitrogens with zero attached hydrogens (tertiary/aromatic N) is 2. The van der Waals surface area contributed by atoms with E-state index in [1.54, 1.807) is 0 Å². The summed E-state index contributed by atoms with van der Waals surface area (Å²) in [5.41, 5.74) is 5.59. The number of hydrogen-bond donors (Lipinski definition) is 0. The van der Waals surface area contributed by atoms with Crippen LogP contribution >= 0.6 is 12.2 Å². The van der Waals surface area contributed by atoms with Gasteiger partial charge in [-0.25, -0.2) is 4.99 Å². The second-order valence-electron chi connectivity index (χ2n) is 10.1. The van der Waals surface area contributed by atoms with Crippen LogP contribution in [0.15, 0.2) is 58.0 Å². The Kier molecular flexibility index (Phi) is 18.9. The summed E-state index contributed by atoms with van der Waals surface area (Å²) in [4.78, 5) is 3.64. The van der Waals surface area contributed by atoms with Gasteiger partial charge >= 0.3 is 0 Å². The van der Waals surface area contributed by atoms with Crippen molar-refractivity contribution in [1.29, 1.82) is 0 Å². The third-order valence-corrected chi connectivity index (χ3v) is 6.70. The number of ether oxygens (including phenoxy) is 7. The zero-order chi connectivity index (χ0) is 31.8. The number of hydrogen-bond acceptors (Lipinski definition) is 11. The van der Waals surface area contributed by atoms with Crippen LogP contribution in [0.3, 0.4) is 0 Å². The fourth-order valence-electron chi connectivity index (χ4n) is 4.40.